The molecule has 0 amide bonds. The van der Waals surface area contributed by atoms with Gasteiger partial charge in [0.15, 0.2) is 0 Å². The van der Waals surface area contributed by atoms with Crippen molar-refractivity contribution < 1.29 is 27.8 Å². The number of aromatic nitrogens is 2. The second-order valence-corrected chi connectivity index (χ2v) is 10.4. The molecule has 9 nitrogen and oxygen atoms in total. The van der Waals surface area contributed by atoms with Crippen LogP contribution in [0.4, 0.5) is 0 Å². The van der Waals surface area contributed by atoms with E-state index in [9.17, 15) is 13.2 Å². The highest BCUT2D eigenvalue weighted by Crippen LogP contribution is 2.31. The van der Waals surface area contributed by atoms with E-state index in [2.05, 4.69) is 9.97 Å². The lowest BCUT2D eigenvalue weighted by Gasteiger charge is -2.27. The zero-order chi connectivity index (χ0) is 22.5. The number of ether oxygens (including phenoxy) is 2. The van der Waals surface area contributed by atoms with Gasteiger partial charge in [0.25, 0.3) is 15.9 Å². The SMILES string of the molecule is Cc1cnc(S(=O)(=O)N2CCC[C@H]2C(=O)OC(C)(C)C)c(OC(C)CCCCO)n1. The van der Waals surface area contributed by atoms with E-state index in [1.165, 1.54) is 6.20 Å². The summed E-state index contributed by atoms with van der Waals surface area (Å²) in [6.45, 7) is 9.05. The molecule has 1 aliphatic heterocycles. The summed E-state index contributed by atoms with van der Waals surface area (Å²) in [5, 5.41) is 8.64. The summed E-state index contributed by atoms with van der Waals surface area (Å²) < 4.78 is 39.2. The van der Waals surface area contributed by atoms with Gasteiger partial charge in [-0.3, -0.25) is 4.79 Å². The molecule has 1 unspecified atom stereocenters. The van der Waals surface area contributed by atoms with E-state index in [4.69, 9.17) is 14.6 Å². The van der Waals surface area contributed by atoms with Crippen LogP contribution in [0.25, 0.3) is 0 Å². The molecule has 0 saturated carbocycles. The molecule has 1 saturated heterocycles. The Morgan fingerprint density at radius 3 is 2.70 bits per heavy atom. The third kappa shape index (κ3) is 6.36. The van der Waals surface area contributed by atoms with Crippen molar-refractivity contribution >= 4 is 16.0 Å². The van der Waals surface area contributed by atoms with E-state index in [0.717, 1.165) is 10.7 Å². The highest BCUT2D eigenvalue weighted by Gasteiger charge is 2.43. The number of aliphatic hydroxyl groups excluding tert-OH is 1. The van der Waals surface area contributed by atoms with E-state index in [1.807, 2.05) is 6.92 Å². The number of hydrogen-bond acceptors (Lipinski definition) is 8. The van der Waals surface area contributed by atoms with Crippen molar-refractivity contribution in [1.82, 2.24) is 14.3 Å². The summed E-state index contributed by atoms with van der Waals surface area (Å²) in [6.07, 6.45) is 4.03. The molecular formula is C20H33N3O6S. The molecule has 0 aliphatic carbocycles. The third-order valence-electron chi connectivity index (χ3n) is 4.60. The number of sulfonamides is 1. The van der Waals surface area contributed by atoms with E-state index in [1.54, 1.807) is 27.7 Å². The Morgan fingerprint density at radius 2 is 2.07 bits per heavy atom. The predicted molar refractivity (Wildman–Crippen MR) is 111 cm³/mol. The van der Waals surface area contributed by atoms with Crippen molar-refractivity contribution in [2.45, 2.75) is 89.5 Å². The number of nitrogens with zero attached hydrogens (tertiary/aromatic N) is 3. The van der Waals surface area contributed by atoms with Crippen LogP contribution in [0.15, 0.2) is 11.2 Å². The Balaban J connectivity index is 2.29. The lowest BCUT2D eigenvalue weighted by Crippen LogP contribution is -2.43. The molecule has 0 bridgehead atoms. The smallest absolute Gasteiger partial charge is 0.324 e. The van der Waals surface area contributed by atoms with Gasteiger partial charge < -0.3 is 14.6 Å². The molecular weight excluding hydrogens is 410 g/mol. The Labute approximate surface area is 178 Å². The molecule has 2 rings (SSSR count). The highest BCUT2D eigenvalue weighted by atomic mass is 32.2. The van der Waals surface area contributed by atoms with Gasteiger partial charge in [0.05, 0.1) is 11.8 Å². The van der Waals surface area contributed by atoms with E-state index in [-0.39, 0.29) is 30.2 Å². The summed E-state index contributed by atoms with van der Waals surface area (Å²) in [5.41, 5.74) is -0.187. The van der Waals surface area contributed by atoms with Crippen molar-refractivity contribution in [2.75, 3.05) is 13.2 Å². The van der Waals surface area contributed by atoms with Gasteiger partial charge in [-0.25, -0.2) is 18.4 Å². The summed E-state index contributed by atoms with van der Waals surface area (Å²) >= 11 is 0. The van der Waals surface area contributed by atoms with Crippen LogP contribution in [-0.4, -0.2) is 64.7 Å². The number of hydrogen-bond donors (Lipinski definition) is 1. The molecule has 0 spiro atoms. The zero-order valence-corrected chi connectivity index (χ0v) is 19.2. The average Bonchev–Trinajstić information content (AvgIpc) is 3.11. The first-order valence-corrected chi connectivity index (χ1v) is 11.8. The summed E-state index contributed by atoms with van der Waals surface area (Å²) in [4.78, 5) is 21.0. The predicted octanol–water partition coefficient (Wildman–Crippen LogP) is 2.21. The molecule has 1 fully saturated rings. The first kappa shape index (κ1) is 24.5. The average molecular weight is 444 g/mol. The summed E-state index contributed by atoms with van der Waals surface area (Å²) in [6, 6.07) is -0.896. The van der Waals surface area contributed by atoms with Gasteiger partial charge in [-0.15, -0.1) is 0 Å². The van der Waals surface area contributed by atoms with Crippen LogP contribution in [0.3, 0.4) is 0 Å². The molecule has 30 heavy (non-hydrogen) atoms. The lowest BCUT2D eigenvalue weighted by atomic mass is 10.2. The van der Waals surface area contributed by atoms with Crippen LogP contribution < -0.4 is 4.74 Å². The Hall–Kier alpha value is -1.78. The van der Waals surface area contributed by atoms with E-state index >= 15 is 0 Å². The molecule has 0 radical (unpaired) electrons. The van der Waals surface area contributed by atoms with Crippen LogP contribution >= 0.6 is 0 Å². The third-order valence-corrected chi connectivity index (χ3v) is 6.42. The van der Waals surface area contributed by atoms with Crippen molar-refractivity contribution in [3.63, 3.8) is 0 Å². The van der Waals surface area contributed by atoms with E-state index in [0.29, 0.717) is 31.4 Å². The van der Waals surface area contributed by atoms with Crippen LogP contribution in [0, 0.1) is 6.92 Å². The van der Waals surface area contributed by atoms with Gasteiger partial charge in [0.2, 0.25) is 5.03 Å². The van der Waals surface area contributed by atoms with E-state index < -0.39 is 27.6 Å². The largest absolute Gasteiger partial charge is 0.473 e. The minimum absolute atomic E-state index is 0.0682. The molecule has 0 aromatic carbocycles. The standard InChI is InChI=1S/C20H33N3O6S/c1-14-13-21-18(17(22-14)28-15(2)9-6-7-12-24)30(26,27)23-11-8-10-16(23)19(25)29-20(3,4)5/h13,15-16,24H,6-12H2,1-5H3/t15?,16-/m0/s1. The van der Waals surface area contributed by atoms with Crippen LogP contribution in [0.1, 0.15) is 65.5 Å². The topological polar surface area (TPSA) is 119 Å². The maximum Gasteiger partial charge on any atom is 0.324 e. The number of esters is 1. The van der Waals surface area contributed by atoms with Crippen molar-refractivity contribution in [3.05, 3.63) is 11.9 Å². The van der Waals surface area contributed by atoms with Crippen LogP contribution in [0.2, 0.25) is 0 Å². The molecule has 170 valence electrons. The Morgan fingerprint density at radius 1 is 1.37 bits per heavy atom. The molecule has 1 aromatic rings. The maximum absolute atomic E-state index is 13.4. The number of carbonyl (C=O) groups excluding carboxylic acids is 1. The number of carbonyl (C=O) groups is 1. The normalized spacial score (nSPS) is 18.9. The first-order chi connectivity index (χ1) is 14.0. The number of rotatable bonds is 9. The number of unbranched alkanes of at least 4 members (excludes halogenated alkanes) is 1. The maximum atomic E-state index is 13.4. The number of aryl methyl sites for hydroxylation is 1. The van der Waals surface area contributed by atoms with Crippen LogP contribution in [0.5, 0.6) is 5.88 Å². The highest BCUT2D eigenvalue weighted by molar-refractivity contribution is 7.89. The van der Waals surface area contributed by atoms with Crippen molar-refractivity contribution in [1.29, 1.82) is 0 Å². The molecule has 2 atom stereocenters. The van der Waals surface area contributed by atoms with Crippen LogP contribution in [-0.2, 0) is 19.6 Å². The van der Waals surface area contributed by atoms with Gasteiger partial charge >= 0.3 is 5.97 Å². The van der Waals surface area contributed by atoms with Crippen molar-refractivity contribution in [3.8, 4) is 5.88 Å². The fourth-order valence-electron chi connectivity index (χ4n) is 3.24. The molecule has 1 N–H and O–H groups in total. The van der Waals surface area contributed by atoms with Gasteiger partial charge in [0.1, 0.15) is 11.6 Å². The second kappa shape index (κ2) is 10.0. The van der Waals surface area contributed by atoms with Gasteiger partial charge in [-0.2, -0.15) is 4.31 Å². The fourth-order valence-corrected chi connectivity index (χ4v) is 4.85. The van der Waals surface area contributed by atoms with Gasteiger partial charge in [-0.1, -0.05) is 0 Å². The molecule has 10 heteroatoms. The monoisotopic (exact) mass is 443 g/mol. The zero-order valence-electron chi connectivity index (χ0n) is 18.4. The van der Waals surface area contributed by atoms with Gasteiger partial charge in [-0.05, 0) is 66.7 Å². The number of aliphatic hydroxyl groups is 1. The van der Waals surface area contributed by atoms with Gasteiger partial charge in [0, 0.05) is 19.3 Å². The molecule has 2 heterocycles. The van der Waals surface area contributed by atoms with Crippen molar-refractivity contribution in [2.24, 2.45) is 0 Å². The summed E-state index contributed by atoms with van der Waals surface area (Å²) in [7, 11) is -4.11. The lowest BCUT2D eigenvalue weighted by molar-refractivity contribution is -0.158. The second-order valence-electron chi connectivity index (χ2n) is 8.58. The fraction of sp³-hybridized carbons (Fsp3) is 0.750. The first-order valence-electron chi connectivity index (χ1n) is 10.3. The minimum Gasteiger partial charge on any atom is -0.473 e. The summed E-state index contributed by atoms with van der Waals surface area (Å²) in [5.74, 6) is -0.634. The Bertz CT molecular complexity index is 837. The molecule has 1 aromatic heterocycles. The Kier molecular flexibility index (Phi) is 8.18. The minimum atomic E-state index is -4.11. The quantitative estimate of drug-likeness (QED) is 0.456. The molecule has 1 aliphatic rings.